The average Bonchev–Trinajstić information content (AvgIpc) is 2.75. The minimum Gasteiger partial charge on any atom is -0.326 e. The Morgan fingerprint density at radius 1 is 1.26 bits per heavy atom. The molecule has 3 heteroatoms. The van der Waals surface area contributed by atoms with Gasteiger partial charge in [0, 0.05) is 12.2 Å². The quantitative estimate of drug-likeness (QED) is 0.887. The molecule has 0 radical (unpaired) electrons. The largest absolute Gasteiger partial charge is 0.326 e. The van der Waals surface area contributed by atoms with E-state index in [1.165, 1.54) is 5.56 Å². The van der Waals surface area contributed by atoms with Gasteiger partial charge in [0.15, 0.2) is 0 Å². The Labute approximate surface area is 116 Å². The topological polar surface area (TPSA) is 32.3 Å². The third kappa shape index (κ3) is 3.57. The van der Waals surface area contributed by atoms with Crippen LogP contribution in [0.4, 0.5) is 5.69 Å². The summed E-state index contributed by atoms with van der Waals surface area (Å²) in [5.41, 5.74) is 2.33. The van der Waals surface area contributed by atoms with Crippen LogP contribution in [0.2, 0.25) is 0 Å². The fourth-order valence-electron chi connectivity index (χ4n) is 2.45. The zero-order valence-corrected chi connectivity index (χ0v) is 12.4. The molecule has 2 rings (SSSR count). The second kappa shape index (κ2) is 5.33. The standard InChI is InChI=1S/C16H24N2O/c1-16(2,3)13-5-7-14(8-6-13)17-15(19)12-9-10-18(4)11-12/h5-8,12H,9-11H2,1-4H3,(H,17,19). The van der Waals surface area contributed by atoms with Crippen molar-refractivity contribution in [1.82, 2.24) is 4.90 Å². The zero-order valence-electron chi connectivity index (χ0n) is 12.4. The van der Waals surface area contributed by atoms with Gasteiger partial charge in [-0.15, -0.1) is 0 Å². The molecule has 1 N–H and O–H groups in total. The predicted octanol–water partition coefficient (Wildman–Crippen LogP) is 2.87. The van der Waals surface area contributed by atoms with Gasteiger partial charge >= 0.3 is 0 Å². The summed E-state index contributed by atoms with van der Waals surface area (Å²) in [4.78, 5) is 14.3. The predicted molar refractivity (Wildman–Crippen MR) is 79.4 cm³/mol. The molecule has 0 spiro atoms. The normalized spacial score (nSPS) is 20.5. The minimum atomic E-state index is 0.132. The van der Waals surface area contributed by atoms with Crippen LogP contribution < -0.4 is 5.32 Å². The van der Waals surface area contributed by atoms with Crippen LogP contribution in [-0.4, -0.2) is 30.9 Å². The third-order valence-electron chi connectivity index (χ3n) is 3.78. The van der Waals surface area contributed by atoms with E-state index in [0.717, 1.165) is 25.2 Å². The monoisotopic (exact) mass is 260 g/mol. The van der Waals surface area contributed by atoms with E-state index in [4.69, 9.17) is 0 Å². The molecule has 0 bridgehead atoms. The van der Waals surface area contributed by atoms with Gasteiger partial charge in [-0.25, -0.2) is 0 Å². The number of rotatable bonds is 2. The molecular formula is C16H24N2O. The number of nitrogens with zero attached hydrogens (tertiary/aromatic N) is 1. The fourth-order valence-corrected chi connectivity index (χ4v) is 2.45. The molecular weight excluding hydrogens is 236 g/mol. The van der Waals surface area contributed by atoms with Crippen LogP contribution in [0.15, 0.2) is 24.3 Å². The van der Waals surface area contributed by atoms with Crippen molar-refractivity contribution in [2.75, 3.05) is 25.5 Å². The molecule has 19 heavy (non-hydrogen) atoms. The maximum absolute atomic E-state index is 12.1. The van der Waals surface area contributed by atoms with E-state index < -0.39 is 0 Å². The summed E-state index contributed by atoms with van der Waals surface area (Å²) in [6.07, 6.45) is 0.961. The number of hydrogen-bond donors (Lipinski definition) is 1. The molecule has 1 amide bonds. The highest BCUT2D eigenvalue weighted by molar-refractivity contribution is 5.92. The van der Waals surface area contributed by atoms with E-state index in [0.29, 0.717) is 0 Å². The number of nitrogens with one attached hydrogen (secondary N) is 1. The van der Waals surface area contributed by atoms with Crippen molar-refractivity contribution in [3.05, 3.63) is 29.8 Å². The van der Waals surface area contributed by atoms with Crippen LogP contribution in [0.3, 0.4) is 0 Å². The van der Waals surface area contributed by atoms with Crippen LogP contribution in [0, 0.1) is 5.92 Å². The Morgan fingerprint density at radius 2 is 1.89 bits per heavy atom. The van der Waals surface area contributed by atoms with Crippen LogP contribution in [0.25, 0.3) is 0 Å². The van der Waals surface area contributed by atoms with Crippen molar-refractivity contribution >= 4 is 11.6 Å². The van der Waals surface area contributed by atoms with E-state index in [1.54, 1.807) is 0 Å². The summed E-state index contributed by atoms with van der Waals surface area (Å²) in [5, 5.41) is 3.02. The highest BCUT2D eigenvalue weighted by Gasteiger charge is 2.26. The molecule has 104 valence electrons. The first kappa shape index (κ1) is 14.1. The number of hydrogen-bond acceptors (Lipinski definition) is 2. The number of carbonyl (C=O) groups excluding carboxylic acids is 1. The lowest BCUT2D eigenvalue weighted by Crippen LogP contribution is -2.25. The first-order valence-corrected chi connectivity index (χ1v) is 6.96. The van der Waals surface area contributed by atoms with E-state index in [9.17, 15) is 4.79 Å². The van der Waals surface area contributed by atoms with Gasteiger partial charge in [0.25, 0.3) is 0 Å². The summed E-state index contributed by atoms with van der Waals surface area (Å²) in [5.74, 6) is 0.278. The molecule has 1 saturated heterocycles. The Balaban J connectivity index is 1.98. The maximum Gasteiger partial charge on any atom is 0.228 e. The number of likely N-dealkylation sites (tertiary alicyclic amines) is 1. The van der Waals surface area contributed by atoms with Crippen LogP contribution in [-0.2, 0) is 10.2 Å². The molecule has 0 aromatic heterocycles. The van der Waals surface area contributed by atoms with Gasteiger partial charge in [-0.2, -0.15) is 0 Å². The second-order valence-electron chi connectivity index (χ2n) is 6.56. The molecule has 1 fully saturated rings. The van der Waals surface area contributed by atoms with Crippen molar-refractivity contribution in [3.63, 3.8) is 0 Å². The summed E-state index contributed by atoms with van der Waals surface area (Å²) in [7, 11) is 2.06. The van der Waals surface area contributed by atoms with E-state index in [-0.39, 0.29) is 17.2 Å². The maximum atomic E-state index is 12.1. The lowest BCUT2D eigenvalue weighted by Gasteiger charge is -2.19. The van der Waals surface area contributed by atoms with Gasteiger partial charge < -0.3 is 10.2 Å². The Hall–Kier alpha value is -1.35. The smallest absolute Gasteiger partial charge is 0.228 e. The van der Waals surface area contributed by atoms with Crippen molar-refractivity contribution in [1.29, 1.82) is 0 Å². The Kier molecular flexibility index (Phi) is 3.95. The Morgan fingerprint density at radius 3 is 2.37 bits per heavy atom. The average molecular weight is 260 g/mol. The molecule has 3 nitrogen and oxygen atoms in total. The van der Waals surface area contributed by atoms with E-state index in [2.05, 4.69) is 50.2 Å². The molecule has 1 aromatic rings. The first-order valence-electron chi connectivity index (χ1n) is 6.96. The molecule has 1 aliphatic heterocycles. The number of anilines is 1. The third-order valence-corrected chi connectivity index (χ3v) is 3.78. The fraction of sp³-hybridized carbons (Fsp3) is 0.562. The second-order valence-corrected chi connectivity index (χ2v) is 6.56. The van der Waals surface area contributed by atoms with Gasteiger partial charge in [0.2, 0.25) is 5.91 Å². The molecule has 1 aromatic carbocycles. The van der Waals surface area contributed by atoms with Crippen molar-refractivity contribution < 1.29 is 4.79 Å². The number of benzene rings is 1. The molecule has 0 saturated carbocycles. The molecule has 1 atom stereocenters. The van der Waals surface area contributed by atoms with Crippen LogP contribution in [0.1, 0.15) is 32.8 Å². The SMILES string of the molecule is CN1CCC(C(=O)Nc2ccc(C(C)(C)C)cc2)C1. The summed E-state index contributed by atoms with van der Waals surface area (Å²) in [6.45, 7) is 8.45. The van der Waals surface area contributed by atoms with Gasteiger partial charge in [0.1, 0.15) is 0 Å². The van der Waals surface area contributed by atoms with Crippen LogP contribution in [0.5, 0.6) is 0 Å². The van der Waals surface area contributed by atoms with Gasteiger partial charge in [-0.1, -0.05) is 32.9 Å². The lowest BCUT2D eigenvalue weighted by atomic mass is 9.87. The van der Waals surface area contributed by atoms with Gasteiger partial charge in [-0.05, 0) is 43.1 Å². The summed E-state index contributed by atoms with van der Waals surface area (Å²) >= 11 is 0. The first-order chi connectivity index (χ1) is 8.86. The highest BCUT2D eigenvalue weighted by Crippen LogP contribution is 2.24. The minimum absolute atomic E-state index is 0.132. The number of amides is 1. The van der Waals surface area contributed by atoms with Gasteiger partial charge in [-0.3, -0.25) is 4.79 Å². The number of carbonyl (C=O) groups is 1. The lowest BCUT2D eigenvalue weighted by molar-refractivity contribution is -0.119. The van der Waals surface area contributed by atoms with Gasteiger partial charge in [0.05, 0.1) is 5.92 Å². The van der Waals surface area contributed by atoms with E-state index in [1.807, 2.05) is 12.1 Å². The highest BCUT2D eigenvalue weighted by atomic mass is 16.1. The van der Waals surface area contributed by atoms with Crippen molar-refractivity contribution in [3.8, 4) is 0 Å². The van der Waals surface area contributed by atoms with Crippen molar-refractivity contribution in [2.45, 2.75) is 32.6 Å². The van der Waals surface area contributed by atoms with E-state index >= 15 is 0 Å². The molecule has 1 aliphatic rings. The summed E-state index contributed by atoms with van der Waals surface area (Å²) < 4.78 is 0. The Bertz CT molecular complexity index is 445. The van der Waals surface area contributed by atoms with Crippen molar-refractivity contribution in [2.24, 2.45) is 5.92 Å². The molecule has 0 aliphatic carbocycles. The zero-order chi connectivity index (χ0) is 14.0. The molecule has 1 heterocycles. The van der Waals surface area contributed by atoms with Crippen LogP contribution >= 0.6 is 0 Å². The summed E-state index contributed by atoms with van der Waals surface area (Å²) in [6, 6.07) is 8.18. The molecule has 1 unspecified atom stereocenters.